The van der Waals surface area contributed by atoms with Crippen LogP contribution in [-0.2, 0) is 9.59 Å². The van der Waals surface area contributed by atoms with Gasteiger partial charge in [-0.15, -0.1) is 0 Å². The maximum absolute atomic E-state index is 11.1. The van der Waals surface area contributed by atoms with Crippen LogP contribution >= 0.6 is 0 Å². The van der Waals surface area contributed by atoms with Crippen LogP contribution < -0.4 is 0 Å². The Morgan fingerprint density at radius 1 is 0.654 bits per heavy atom. The highest BCUT2D eigenvalue weighted by Gasteiger charge is 2.28. The van der Waals surface area contributed by atoms with Crippen LogP contribution in [0.4, 0.5) is 0 Å². The fourth-order valence-electron chi connectivity index (χ4n) is 3.43. The molecule has 0 amide bonds. The average Bonchev–Trinajstić information content (AvgIpc) is 2.57. The summed E-state index contributed by atoms with van der Waals surface area (Å²) in [5.74, 6) is -3.41. The minimum atomic E-state index is -1.25. The standard InChI is InChI=1S/C21H40O4.Mg.2H/c1-3-5-7-8-9-10-11-12-13-14-16-18(15-6-4-2)17-19(20(22)23)21(24)25;;;/h18-19H,3-17H2,1-2H3,(H,22,23)(H,24,25);;;. The predicted molar refractivity (Wildman–Crippen MR) is 111 cm³/mol. The topological polar surface area (TPSA) is 74.6 Å². The number of carboxylic acid groups (broad SMARTS) is 2. The van der Waals surface area contributed by atoms with Gasteiger partial charge < -0.3 is 10.2 Å². The van der Waals surface area contributed by atoms with E-state index in [9.17, 15) is 9.59 Å². The average molecular weight is 383 g/mol. The van der Waals surface area contributed by atoms with E-state index in [0.717, 1.165) is 32.1 Å². The Kier molecular flexibility index (Phi) is 20.9. The molecular weight excluding hydrogens is 341 g/mol. The van der Waals surface area contributed by atoms with Gasteiger partial charge in [-0.2, -0.15) is 0 Å². The molecule has 152 valence electrons. The minimum absolute atomic E-state index is 0. The number of rotatable bonds is 18. The Morgan fingerprint density at radius 3 is 1.46 bits per heavy atom. The molecule has 26 heavy (non-hydrogen) atoms. The van der Waals surface area contributed by atoms with Gasteiger partial charge in [-0.3, -0.25) is 9.59 Å². The highest BCUT2D eigenvalue weighted by molar-refractivity contribution is 5.92. The van der Waals surface area contributed by atoms with Gasteiger partial charge in [0.1, 0.15) is 0 Å². The molecule has 0 aliphatic rings. The summed E-state index contributed by atoms with van der Waals surface area (Å²) in [6, 6.07) is 0. The van der Waals surface area contributed by atoms with Crippen molar-refractivity contribution in [3.05, 3.63) is 0 Å². The zero-order valence-corrected chi connectivity index (χ0v) is 16.5. The van der Waals surface area contributed by atoms with Crippen LogP contribution in [0.3, 0.4) is 0 Å². The molecule has 2 N–H and O–H groups in total. The third kappa shape index (κ3) is 15.9. The van der Waals surface area contributed by atoms with Gasteiger partial charge in [0, 0.05) is 0 Å². The molecule has 5 heteroatoms. The van der Waals surface area contributed by atoms with Crippen molar-refractivity contribution in [2.75, 3.05) is 0 Å². The van der Waals surface area contributed by atoms with Crippen LogP contribution in [0.1, 0.15) is 110 Å². The van der Waals surface area contributed by atoms with Crippen molar-refractivity contribution >= 4 is 35.0 Å². The summed E-state index contributed by atoms with van der Waals surface area (Å²) in [4.78, 5) is 22.2. The van der Waals surface area contributed by atoms with Crippen LogP contribution in [0, 0.1) is 11.8 Å². The first-order chi connectivity index (χ1) is 12.0. The second-order valence-corrected chi connectivity index (χ2v) is 7.44. The number of hydrogen-bond donors (Lipinski definition) is 2. The zero-order chi connectivity index (χ0) is 18.9. The second-order valence-electron chi connectivity index (χ2n) is 7.44. The fourth-order valence-corrected chi connectivity index (χ4v) is 3.43. The first-order valence-corrected chi connectivity index (χ1v) is 10.5. The zero-order valence-electron chi connectivity index (χ0n) is 16.5. The molecule has 0 saturated carbocycles. The molecule has 0 bridgehead atoms. The highest BCUT2D eigenvalue weighted by atomic mass is 24.3. The van der Waals surface area contributed by atoms with E-state index in [0.29, 0.717) is 0 Å². The van der Waals surface area contributed by atoms with Crippen molar-refractivity contribution in [2.24, 2.45) is 11.8 Å². The molecule has 0 aliphatic heterocycles. The first kappa shape index (κ1) is 27.9. The van der Waals surface area contributed by atoms with E-state index in [1.165, 1.54) is 57.8 Å². The SMILES string of the molecule is CCCCCCCCCCCCC(CCCC)CC(C(=O)O)C(=O)O.[MgH2]. The van der Waals surface area contributed by atoms with E-state index >= 15 is 0 Å². The molecule has 0 heterocycles. The summed E-state index contributed by atoms with van der Waals surface area (Å²) in [6.07, 6.45) is 17.2. The van der Waals surface area contributed by atoms with E-state index in [4.69, 9.17) is 10.2 Å². The van der Waals surface area contributed by atoms with E-state index in [1.807, 2.05) is 0 Å². The van der Waals surface area contributed by atoms with Crippen LogP contribution in [0.2, 0.25) is 0 Å². The Balaban J connectivity index is 0. The van der Waals surface area contributed by atoms with Crippen molar-refractivity contribution < 1.29 is 19.8 Å². The molecule has 0 spiro atoms. The van der Waals surface area contributed by atoms with Gasteiger partial charge in [0.05, 0.1) is 0 Å². The molecule has 0 aromatic rings. The molecule has 0 radical (unpaired) electrons. The second kappa shape index (κ2) is 19.5. The van der Waals surface area contributed by atoms with Crippen molar-refractivity contribution in [1.29, 1.82) is 0 Å². The number of carboxylic acids is 2. The van der Waals surface area contributed by atoms with E-state index in [-0.39, 0.29) is 35.4 Å². The molecule has 1 atom stereocenters. The van der Waals surface area contributed by atoms with Gasteiger partial charge in [-0.1, -0.05) is 104 Å². The summed E-state index contributed by atoms with van der Waals surface area (Å²) in [6.45, 7) is 4.35. The maximum atomic E-state index is 11.1. The number of carbonyl (C=O) groups is 2. The maximum Gasteiger partial charge on any atom is 0.317 e. The lowest BCUT2D eigenvalue weighted by molar-refractivity contribution is -0.155. The van der Waals surface area contributed by atoms with E-state index in [2.05, 4.69) is 13.8 Å². The highest BCUT2D eigenvalue weighted by Crippen LogP contribution is 2.25. The van der Waals surface area contributed by atoms with Crippen LogP contribution in [0.5, 0.6) is 0 Å². The minimum Gasteiger partial charge on any atom is -0.481 e. The predicted octanol–water partition coefficient (Wildman–Crippen LogP) is 5.36. The molecule has 1 unspecified atom stereocenters. The van der Waals surface area contributed by atoms with Gasteiger partial charge >= 0.3 is 35.0 Å². The molecule has 0 rings (SSSR count). The Morgan fingerprint density at radius 2 is 1.04 bits per heavy atom. The lowest BCUT2D eigenvalue weighted by Gasteiger charge is -2.19. The monoisotopic (exact) mass is 382 g/mol. The van der Waals surface area contributed by atoms with Crippen molar-refractivity contribution in [1.82, 2.24) is 0 Å². The lowest BCUT2D eigenvalue weighted by atomic mass is 9.86. The number of aliphatic carboxylic acids is 2. The molecule has 4 nitrogen and oxygen atoms in total. The Hall–Kier alpha value is -0.294. The van der Waals surface area contributed by atoms with Crippen LogP contribution in [0.25, 0.3) is 0 Å². The largest absolute Gasteiger partial charge is 0.481 e. The summed E-state index contributed by atoms with van der Waals surface area (Å²) in [5.41, 5.74) is 0. The van der Waals surface area contributed by atoms with Crippen molar-refractivity contribution in [3.63, 3.8) is 0 Å². The van der Waals surface area contributed by atoms with Gasteiger partial charge in [-0.25, -0.2) is 0 Å². The number of hydrogen-bond acceptors (Lipinski definition) is 2. The van der Waals surface area contributed by atoms with Gasteiger partial charge in [0.15, 0.2) is 5.92 Å². The summed E-state index contributed by atoms with van der Waals surface area (Å²) < 4.78 is 0. The van der Waals surface area contributed by atoms with Gasteiger partial charge in [0.2, 0.25) is 0 Å². The Labute approximate surface area is 176 Å². The van der Waals surface area contributed by atoms with Gasteiger partial charge in [0.25, 0.3) is 0 Å². The molecule has 0 aromatic heterocycles. The lowest BCUT2D eigenvalue weighted by Crippen LogP contribution is -2.26. The van der Waals surface area contributed by atoms with Crippen molar-refractivity contribution in [2.45, 2.75) is 110 Å². The van der Waals surface area contributed by atoms with Crippen molar-refractivity contribution in [3.8, 4) is 0 Å². The third-order valence-corrected chi connectivity index (χ3v) is 5.10. The normalized spacial score (nSPS) is 12.0. The molecule has 0 aliphatic carbocycles. The Bertz CT molecular complexity index is 333. The smallest absolute Gasteiger partial charge is 0.317 e. The van der Waals surface area contributed by atoms with Crippen LogP contribution in [-0.4, -0.2) is 45.2 Å². The van der Waals surface area contributed by atoms with E-state index in [1.54, 1.807) is 0 Å². The fraction of sp³-hybridized carbons (Fsp3) is 0.905. The summed E-state index contributed by atoms with van der Waals surface area (Å²) in [7, 11) is 0. The molecule has 0 fully saturated rings. The van der Waals surface area contributed by atoms with Crippen LogP contribution in [0.15, 0.2) is 0 Å². The first-order valence-electron chi connectivity index (χ1n) is 10.5. The molecule has 0 saturated heterocycles. The van der Waals surface area contributed by atoms with E-state index < -0.39 is 17.9 Å². The third-order valence-electron chi connectivity index (χ3n) is 5.10. The van der Waals surface area contributed by atoms with Gasteiger partial charge in [-0.05, 0) is 12.3 Å². The number of unbranched alkanes of at least 4 members (excludes halogenated alkanes) is 10. The summed E-state index contributed by atoms with van der Waals surface area (Å²) in [5, 5.41) is 18.2. The summed E-state index contributed by atoms with van der Waals surface area (Å²) >= 11 is 0. The quantitative estimate of drug-likeness (QED) is 0.190. The molecule has 0 aromatic carbocycles. The molecular formula is C21H42MgO4.